The number of ketones is 1. The number of benzene rings is 1. The van der Waals surface area contributed by atoms with Gasteiger partial charge in [-0.15, -0.1) is 0 Å². The minimum Gasteiger partial charge on any atom is -0.303 e. The zero-order valence-corrected chi connectivity index (χ0v) is 11.8. The fourth-order valence-corrected chi connectivity index (χ4v) is 2.80. The molecule has 1 aromatic rings. The number of rotatable bonds is 2. The lowest BCUT2D eigenvalue weighted by atomic mass is 10.1. The van der Waals surface area contributed by atoms with E-state index in [1.54, 1.807) is 12.1 Å². The van der Waals surface area contributed by atoms with Gasteiger partial charge in [0.05, 0.1) is 16.3 Å². The van der Waals surface area contributed by atoms with Crippen molar-refractivity contribution in [1.82, 2.24) is 0 Å². The third kappa shape index (κ3) is 2.11. The summed E-state index contributed by atoms with van der Waals surface area (Å²) in [5.41, 5.74) is 0.925. The molecule has 3 nitrogen and oxygen atoms in total. The van der Waals surface area contributed by atoms with Crippen LogP contribution in [0.15, 0.2) is 16.6 Å². The van der Waals surface area contributed by atoms with Crippen molar-refractivity contribution in [2.75, 3.05) is 11.4 Å². The van der Waals surface area contributed by atoms with Gasteiger partial charge in [0.15, 0.2) is 0 Å². The normalized spacial score (nSPS) is 14.8. The third-order valence-electron chi connectivity index (χ3n) is 2.53. The zero-order valence-electron chi connectivity index (χ0n) is 9.46. The molecule has 1 aliphatic rings. The summed E-state index contributed by atoms with van der Waals surface area (Å²) in [6.45, 7) is 4.48. The van der Waals surface area contributed by atoms with E-state index in [9.17, 15) is 9.59 Å². The topological polar surface area (TPSA) is 37.4 Å². The Morgan fingerprint density at radius 3 is 2.59 bits per heavy atom. The van der Waals surface area contributed by atoms with Crippen molar-refractivity contribution in [3.63, 3.8) is 0 Å². The zero-order chi connectivity index (χ0) is 12.7. The maximum Gasteiger partial charge on any atom is 0.299 e. The van der Waals surface area contributed by atoms with E-state index in [0.29, 0.717) is 27.3 Å². The standard InChI is InChI=1S/C12H11BrClNO2/c1-6(2)5-15-10-8(11(16)12(15)17)3-7(13)4-9(10)14/h3-4,6H,5H2,1-2H3. The number of Topliss-reactive ketones (excluding diaryl/α,β-unsaturated/α-hetero) is 1. The van der Waals surface area contributed by atoms with Gasteiger partial charge in [-0.25, -0.2) is 0 Å². The van der Waals surface area contributed by atoms with Gasteiger partial charge in [0.1, 0.15) is 0 Å². The van der Waals surface area contributed by atoms with Crippen molar-refractivity contribution < 1.29 is 9.59 Å². The lowest BCUT2D eigenvalue weighted by molar-refractivity contribution is -0.114. The summed E-state index contributed by atoms with van der Waals surface area (Å²) >= 11 is 9.38. The van der Waals surface area contributed by atoms with Gasteiger partial charge in [0, 0.05) is 11.0 Å². The summed E-state index contributed by atoms with van der Waals surface area (Å²) in [5.74, 6) is -0.699. The predicted octanol–water partition coefficient (Wildman–Crippen LogP) is 3.29. The minimum absolute atomic E-state index is 0.275. The first-order chi connectivity index (χ1) is 7.91. The smallest absolute Gasteiger partial charge is 0.299 e. The molecule has 0 fully saturated rings. The summed E-state index contributed by atoms with van der Waals surface area (Å²) < 4.78 is 0.703. The third-order valence-corrected chi connectivity index (χ3v) is 3.28. The van der Waals surface area contributed by atoms with Crippen LogP contribution >= 0.6 is 27.5 Å². The Kier molecular flexibility index (Phi) is 3.27. The number of amides is 1. The molecule has 1 heterocycles. The van der Waals surface area contributed by atoms with Gasteiger partial charge in [0.2, 0.25) is 0 Å². The van der Waals surface area contributed by atoms with Gasteiger partial charge in [0.25, 0.3) is 11.7 Å². The number of hydrogen-bond acceptors (Lipinski definition) is 2. The van der Waals surface area contributed by atoms with E-state index in [2.05, 4.69) is 15.9 Å². The van der Waals surface area contributed by atoms with Gasteiger partial charge in [-0.05, 0) is 18.1 Å². The first-order valence-electron chi connectivity index (χ1n) is 5.27. The molecule has 0 saturated carbocycles. The highest BCUT2D eigenvalue weighted by atomic mass is 79.9. The molecule has 0 bridgehead atoms. The Labute approximate surface area is 113 Å². The van der Waals surface area contributed by atoms with Crippen LogP contribution in [0.4, 0.5) is 5.69 Å². The summed E-state index contributed by atoms with van der Waals surface area (Å²) in [6.07, 6.45) is 0. The quantitative estimate of drug-likeness (QED) is 0.785. The lowest BCUT2D eigenvalue weighted by Gasteiger charge is -2.19. The van der Waals surface area contributed by atoms with Crippen LogP contribution in [0.5, 0.6) is 0 Å². The fourth-order valence-electron chi connectivity index (χ4n) is 1.89. The average molecular weight is 317 g/mol. The van der Waals surface area contributed by atoms with Gasteiger partial charge in [-0.3, -0.25) is 9.59 Å². The van der Waals surface area contributed by atoms with Gasteiger partial charge < -0.3 is 4.90 Å². The van der Waals surface area contributed by atoms with E-state index in [1.165, 1.54) is 4.90 Å². The van der Waals surface area contributed by atoms with Crippen LogP contribution in [-0.2, 0) is 4.79 Å². The fraction of sp³-hybridized carbons (Fsp3) is 0.333. The lowest BCUT2D eigenvalue weighted by Crippen LogP contribution is -2.33. The van der Waals surface area contributed by atoms with Crippen LogP contribution in [0.2, 0.25) is 5.02 Å². The maximum absolute atomic E-state index is 11.9. The van der Waals surface area contributed by atoms with Crippen LogP contribution in [0.1, 0.15) is 24.2 Å². The van der Waals surface area contributed by atoms with E-state index >= 15 is 0 Å². The van der Waals surface area contributed by atoms with E-state index in [0.717, 1.165) is 0 Å². The number of nitrogens with zero attached hydrogens (tertiary/aromatic N) is 1. The molecule has 0 aromatic heterocycles. The molecule has 1 aliphatic heterocycles. The van der Waals surface area contributed by atoms with E-state index in [1.807, 2.05) is 13.8 Å². The van der Waals surface area contributed by atoms with Crippen LogP contribution in [0.25, 0.3) is 0 Å². The SMILES string of the molecule is CC(C)CN1C(=O)C(=O)c2cc(Br)cc(Cl)c21. The molecule has 0 unspecified atom stereocenters. The Balaban J connectivity index is 2.56. The number of hydrogen-bond donors (Lipinski definition) is 0. The van der Waals surface area contributed by atoms with Crippen molar-refractivity contribution in [3.8, 4) is 0 Å². The molecule has 0 aliphatic carbocycles. The summed E-state index contributed by atoms with van der Waals surface area (Å²) in [7, 11) is 0. The largest absolute Gasteiger partial charge is 0.303 e. The number of anilines is 1. The second kappa shape index (κ2) is 4.42. The molecular formula is C12H11BrClNO2. The maximum atomic E-state index is 11.9. The van der Waals surface area contributed by atoms with Crippen molar-refractivity contribution in [3.05, 3.63) is 27.2 Å². The summed E-state index contributed by atoms with van der Waals surface area (Å²) in [6, 6.07) is 3.33. The number of fused-ring (bicyclic) bond motifs is 1. The van der Waals surface area contributed by atoms with Crippen LogP contribution in [0, 0.1) is 5.92 Å². The highest BCUT2D eigenvalue weighted by Crippen LogP contribution is 2.38. The molecule has 0 atom stereocenters. The number of halogens is 2. The molecule has 5 heteroatoms. The second-order valence-electron chi connectivity index (χ2n) is 4.42. The van der Waals surface area contributed by atoms with E-state index < -0.39 is 11.7 Å². The highest BCUT2D eigenvalue weighted by molar-refractivity contribution is 9.10. The highest BCUT2D eigenvalue weighted by Gasteiger charge is 2.37. The molecule has 1 amide bonds. The monoisotopic (exact) mass is 315 g/mol. The Bertz CT molecular complexity index is 513. The molecule has 17 heavy (non-hydrogen) atoms. The first-order valence-corrected chi connectivity index (χ1v) is 6.44. The molecule has 1 aromatic carbocycles. The van der Waals surface area contributed by atoms with Gasteiger partial charge in [-0.1, -0.05) is 41.4 Å². The molecule has 2 rings (SSSR count). The molecule has 90 valence electrons. The Morgan fingerprint density at radius 1 is 1.35 bits per heavy atom. The molecule has 0 N–H and O–H groups in total. The van der Waals surface area contributed by atoms with Crippen LogP contribution in [-0.4, -0.2) is 18.2 Å². The predicted molar refractivity (Wildman–Crippen MR) is 70.7 cm³/mol. The Hall–Kier alpha value is -0.870. The van der Waals surface area contributed by atoms with E-state index in [-0.39, 0.29) is 5.92 Å². The van der Waals surface area contributed by atoms with Crippen molar-refractivity contribution >= 4 is 44.9 Å². The first kappa shape index (κ1) is 12.6. The minimum atomic E-state index is -0.492. The number of carbonyl (C=O) groups excluding carboxylic acids is 2. The molecule has 0 radical (unpaired) electrons. The molecule has 0 saturated heterocycles. The van der Waals surface area contributed by atoms with Gasteiger partial charge in [-0.2, -0.15) is 0 Å². The second-order valence-corrected chi connectivity index (χ2v) is 5.75. The van der Waals surface area contributed by atoms with Crippen LogP contribution < -0.4 is 4.90 Å². The summed E-state index contributed by atoms with van der Waals surface area (Å²) in [4.78, 5) is 25.2. The Morgan fingerprint density at radius 2 is 2.00 bits per heavy atom. The molecular weight excluding hydrogens is 305 g/mol. The molecule has 0 spiro atoms. The average Bonchev–Trinajstić information content (AvgIpc) is 2.43. The van der Waals surface area contributed by atoms with E-state index in [4.69, 9.17) is 11.6 Å². The van der Waals surface area contributed by atoms with Crippen molar-refractivity contribution in [1.29, 1.82) is 0 Å². The number of carbonyl (C=O) groups is 2. The van der Waals surface area contributed by atoms with Crippen molar-refractivity contribution in [2.24, 2.45) is 5.92 Å². The van der Waals surface area contributed by atoms with Crippen LogP contribution in [0.3, 0.4) is 0 Å². The van der Waals surface area contributed by atoms with Gasteiger partial charge >= 0.3 is 0 Å². The summed E-state index contributed by atoms with van der Waals surface area (Å²) in [5, 5.41) is 0.425. The van der Waals surface area contributed by atoms with Crippen molar-refractivity contribution in [2.45, 2.75) is 13.8 Å².